The Morgan fingerprint density at radius 3 is 2.76 bits per heavy atom. The quantitative estimate of drug-likeness (QED) is 0.594. The Bertz CT molecular complexity index is 415. The van der Waals surface area contributed by atoms with Gasteiger partial charge in [0.15, 0.2) is 11.5 Å². The number of benzene rings is 1. The lowest BCUT2D eigenvalue weighted by molar-refractivity contribution is 0.112. The van der Waals surface area contributed by atoms with Crippen molar-refractivity contribution in [3.8, 4) is 11.5 Å². The van der Waals surface area contributed by atoms with Gasteiger partial charge in [-0.2, -0.15) is 0 Å². The summed E-state index contributed by atoms with van der Waals surface area (Å²) < 4.78 is 11.8. The molecular weight excluding hydrogens is 284 g/mol. The van der Waals surface area contributed by atoms with Gasteiger partial charge in [0.25, 0.3) is 0 Å². The molecule has 0 heterocycles. The average Bonchev–Trinajstić information content (AvgIpc) is 2.33. The van der Waals surface area contributed by atoms with Crippen LogP contribution in [0.5, 0.6) is 11.5 Å². The number of hydrogen-bond acceptors (Lipinski definition) is 3. The molecule has 0 N–H and O–H groups in total. The zero-order valence-electron chi connectivity index (χ0n) is 9.90. The van der Waals surface area contributed by atoms with E-state index in [1.807, 2.05) is 13.8 Å². The Labute approximate surface area is 110 Å². The van der Waals surface area contributed by atoms with Crippen LogP contribution in [0.2, 0.25) is 0 Å². The summed E-state index contributed by atoms with van der Waals surface area (Å²) in [5, 5.41) is 0. The zero-order chi connectivity index (χ0) is 12.8. The largest absolute Gasteiger partial charge is 0.490 e. The summed E-state index contributed by atoms with van der Waals surface area (Å²) in [6.07, 6.45) is 2.33. The SMILES string of the molecule is C=CC(C)Oc1c(Br)cc(C=O)cc1OCC. The predicted molar refractivity (Wildman–Crippen MR) is 71.0 cm³/mol. The highest BCUT2D eigenvalue weighted by molar-refractivity contribution is 9.10. The molecular formula is C13H15BrO3. The van der Waals surface area contributed by atoms with Crippen LogP contribution in [-0.2, 0) is 0 Å². The molecule has 0 saturated carbocycles. The Kier molecular flexibility index (Phi) is 5.22. The second-order valence-electron chi connectivity index (χ2n) is 3.44. The van der Waals surface area contributed by atoms with Crippen LogP contribution in [-0.4, -0.2) is 19.0 Å². The minimum absolute atomic E-state index is 0.132. The van der Waals surface area contributed by atoms with Crippen molar-refractivity contribution in [2.45, 2.75) is 20.0 Å². The van der Waals surface area contributed by atoms with Crippen LogP contribution in [0.3, 0.4) is 0 Å². The maximum atomic E-state index is 10.8. The van der Waals surface area contributed by atoms with E-state index < -0.39 is 0 Å². The van der Waals surface area contributed by atoms with Gasteiger partial charge >= 0.3 is 0 Å². The van der Waals surface area contributed by atoms with Gasteiger partial charge in [-0.15, -0.1) is 0 Å². The van der Waals surface area contributed by atoms with Gasteiger partial charge in [0, 0.05) is 5.56 Å². The molecule has 0 amide bonds. The van der Waals surface area contributed by atoms with E-state index in [2.05, 4.69) is 22.5 Å². The van der Waals surface area contributed by atoms with Crippen LogP contribution in [0.15, 0.2) is 29.3 Å². The number of halogens is 1. The average molecular weight is 299 g/mol. The Morgan fingerprint density at radius 1 is 1.53 bits per heavy atom. The number of carbonyl (C=O) groups excluding carboxylic acids is 1. The third kappa shape index (κ3) is 3.60. The van der Waals surface area contributed by atoms with Gasteiger partial charge in [-0.05, 0) is 41.9 Å². The van der Waals surface area contributed by atoms with Crippen LogP contribution in [0.25, 0.3) is 0 Å². The molecule has 0 radical (unpaired) electrons. The molecule has 92 valence electrons. The number of ether oxygens (including phenoxy) is 2. The van der Waals surface area contributed by atoms with Gasteiger partial charge in [0.1, 0.15) is 12.4 Å². The van der Waals surface area contributed by atoms with Crippen LogP contribution >= 0.6 is 15.9 Å². The second kappa shape index (κ2) is 6.45. The van der Waals surface area contributed by atoms with Gasteiger partial charge in [-0.1, -0.05) is 12.7 Å². The molecule has 0 bridgehead atoms. The van der Waals surface area contributed by atoms with Crippen LogP contribution in [0, 0.1) is 0 Å². The maximum Gasteiger partial charge on any atom is 0.176 e. The molecule has 0 fully saturated rings. The topological polar surface area (TPSA) is 35.5 Å². The molecule has 0 spiro atoms. The number of carbonyl (C=O) groups is 1. The molecule has 1 rings (SSSR count). The number of rotatable bonds is 6. The number of aldehydes is 1. The lowest BCUT2D eigenvalue weighted by Crippen LogP contribution is -2.09. The molecule has 0 aliphatic rings. The third-order valence-corrected chi connectivity index (χ3v) is 2.69. The van der Waals surface area contributed by atoms with Gasteiger partial charge in [0.05, 0.1) is 11.1 Å². The smallest absolute Gasteiger partial charge is 0.176 e. The number of hydrogen-bond donors (Lipinski definition) is 0. The van der Waals surface area contributed by atoms with Gasteiger partial charge in [0.2, 0.25) is 0 Å². The van der Waals surface area contributed by atoms with E-state index in [0.717, 1.165) is 6.29 Å². The Balaban J connectivity index is 3.15. The van der Waals surface area contributed by atoms with E-state index in [-0.39, 0.29) is 6.10 Å². The van der Waals surface area contributed by atoms with Crippen molar-refractivity contribution in [3.05, 3.63) is 34.8 Å². The minimum atomic E-state index is -0.132. The summed E-state index contributed by atoms with van der Waals surface area (Å²) in [4.78, 5) is 10.8. The molecule has 0 aromatic heterocycles. The van der Waals surface area contributed by atoms with Crippen molar-refractivity contribution in [3.63, 3.8) is 0 Å². The third-order valence-electron chi connectivity index (χ3n) is 2.10. The van der Waals surface area contributed by atoms with E-state index in [1.54, 1.807) is 18.2 Å². The first kappa shape index (κ1) is 13.8. The molecule has 3 nitrogen and oxygen atoms in total. The molecule has 1 aromatic carbocycles. The first-order valence-electron chi connectivity index (χ1n) is 5.33. The maximum absolute atomic E-state index is 10.8. The fourth-order valence-electron chi connectivity index (χ4n) is 1.27. The summed E-state index contributed by atoms with van der Waals surface area (Å²) in [6, 6.07) is 3.35. The van der Waals surface area contributed by atoms with Gasteiger partial charge in [-0.3, -0.25) is 4.79 Å². The summed E-state index contributed by atoms with van der Waals surface area (Å²) in [5.41, 5.74) is 0.541. The first-order chi connectivity index (χ1) is 8.12. The fraction of sp³-hybridized carbons (Fsp3) is 0.308. The van der Waals surface area contributed by atoms with Crippen molar-refractivity contribution < 1.29 is 14.3 Å². The minimum Gasteiger partial charge on any atom is -0.490 e. The van der Waals surface area contributed by atoms with E-state index in [0.29, 0.717) is 28.1 Å². The first-order valence-corrected chi connectivity index (χ1v) is 6.12. The summed E-state index contributed by atoms with van der Waals surface area (Å²) in [6.45, 7) is 7.92. The highest BCUT2D eigenvalue weighted by Gasteiger charge is 2.13. The lowest BCUT2D eigenvalue weighted by Gasteiger charge is -2.16. The molecule has 17 heavy (non-hydrogen) atoms. The van der Waals surface area contributed by atoms with Crippen LogP contribution in [0.4, 0.5) is 0 Å². The van der Waals surface area contributed by atoms with E-state index in [9.17, 15) is 4.79 Å². The molecule has 0 saturated heterocycles. The van der Waals surface area contributed by atoms with Crippen molar-refractivity contribution in [2.75, 3.05) is 6.61 Å². The lowest BCUT2D eigenvalue weighted by atomic mass is 10.2. The normalized spacial score (nSPS) is 11.7. The van der Waals surface area contributed by atoms with Crippen LogP contribution in [0.1, 0.15) is 24.2 Å². The van der Waals surface area contributed by atoms with Crippen molar-refractivity contribution in [2.24, 2.45) is 0 Å². The zero-order valence-corrected chi connectivity index (χ0v) is 11.5. The van der Waals surface area contributed by atoms with Gasteiger partial charge in [-0.25, -0.2) is 0 Å². The highest BCUT2D eigenvalue weighted by Crippen LogP contribution is 2.37. The van der Waals surface area contributed by atoms with Crippen molar-refractivity contribution in [1.29, 1.82) is 0 Å². The molecule has 4 heteroatoms. The van der Waals surface area contributed by atoms with E-state index in [1.165, 1.54) is 0 Å². The Morgan fingerprint density at radius 2 is 2.24 bits per heavy atom. The molecule has 1 unspecified atom stereocenters. The van der Waals surface area contributed by atoms with Crippen molar-refractivity contribution >= 4 is 22.2 Å². The standard InChI is InChI=1S/C13H15BrO3/c1-4-9(3)17-13-11(14)6-10(8-15)7-12(13)16-5-2/h4,6-9H,1,5H2,2-3H3. The molecule has 0 aliphatic carbocycles. The van der Waals surface area contributed by atoms with Crippen LogP contribution < -0.4 is 9.47 Å². The highest BCUT2D eigenvalue weighted by atomic mass is 79.9. The summed E-state index contributed by atoms with van der Waals surface area (Å²) in [5.74, 6) is 1.14. The van der Waals surface area contributed by atoms with Gasteiger partial charge < -0.3 is 9.47 Å². The molecule has 1 aromatic rings. The van der Waals surface area contributed by atoms with E-state index in [4.69, 9.17) is 9.47 Å². The molecule has 1 atom stereocenters. The van der Waals surface area contributed by atoms with E-state index >= 15 is 0 Å². The monoisotopic (exact) mass is 298 g/mol. The Hall–Kier alpha value is -1.29. The summed E-state index contributed by atoms with van der Waals surface area (Å²) in [7, 11) is 0. The second-order valence-corrected chi connectivity index (χ2v) is 4.29. The predicted octanol–water partition coefficient (Wildman–Crippen LogP) is 3.61. The summed E-state index contributed by atoms with van der Waals surface area (Å²) >= 11 is 3.37. The fourth-order valence-corrected chi connectivity index (χ4v) is 1.82. The van der Waals surface area contributed by atoms with Crippen molar-refractivity contribution in [1.82, 2.24) is 0 Å². The molecule has 0 aliphatic heterocycles.